The van der Waals surface area contributed by atoms with Gasteiger partial charge in [-0.25, -0.2) is 0 Å². The van der Waals surface area contributed by atoms with Gasteiger partial charge in [0.15, 0.2) is 0 Å². The number of amides is 1. The lowest BCUT2D eigenvalue weighted by Gasteiger charge is -2.33. The van der Waals surface area contributed by atoms with Crippen molar-refractivity contribution in [3.63, 3.8) is 0 Å². The van der Waals surface area contributed by atoms with Gasteiger partial charge in [-0.3, -0.25) is 9.69 Å². The van der Waals surface area contributed by atoms with Crippen LogP contribution in [0.1, 0.15) is 26.2 Å². The van der Waals surface area contributed by atoms with Crippen LogP contribution in [0.5, 0.6) is 11.5 Å². The molecule has 0 aromatic heterocycles. The SMILES string of the molecule is CCCOc1ccc(OCCN2CCCC(C(=O)N(C)C)C2)cc1. The Morgan fingerprint density at radius 2 is 1.79 bits per heavy atom. The number of likely N-dealkylation sites (tertiary alicyclic amines) is 1. The summed E-state index contributed by atoms with van der Waals surface area (Å²) in [5.74, 6) is 2.11. The van der Waals surface area contributed by atoms with E-state index >= 15 is 0 Å². The van der Waals surface area contributed by atoms with Gasteiger partial charge >= 0.3 is 0 Å². The Balaban J connectivity index is 1.72. The highest BCUT2D eigenvalue weighted by Gasteiger charge is 2.26. The standard InChI is InChI=1S/C19H30N2O3/c1-4-13-23-17-7-9-18(10-8-17)24-14-12-21-11-5-6-16(15-21)19(22)20(2)3/h7-10,16H,4-6,11-15H2,1-3H3. The zero-order chi connectivity index (χ0) is 17.4. The Bertz CT molecular complexity index is 502. The van der Waals surface area contributed by atoms with Crippen molar-refractivity contribution in [3.05, 3.63) is 24.3 Å². The van der Waals surface area contributed by atoms with Crippen molar-refractivity contribution in [1.82, 2.24) is 9.80 Å². The molecule has 0 spiro atoms. The molecule has 1 fully saturated rings. The number of hydrogen-bond donors (Lipinski definition) is 0. The van der Waals surface area contributed by atoms with Crippen LogP contribution in [-0.2, 0) is 4.79 Å². The molecule has 2 rings (SSSR count). The lowest BCUT2D eigenvalue weighted by Crippen LogP contribution is -2.43. The molecule has 1 atom stereocenters. The number of benzene rings is 1. The summed E-state index contributed by atoms with van der Waals surface area (Å²) in [5, 5.41) is 0. The minimum absolute atomic E-state index is 0.128. The molecule has 1 heterocycles. The van der Waals surface area contributed by atoms with Crippen LogP contribution < -0.4 is 9.47 Å². The van der Waals surface area contributed by atoms with E-state index in [-0.39, 0.29) is 11.8 Å². The zero-order valence-electron chi connectivity index (χ0n) is 15.2. The summed E-state index contributed by atoms with van der Waals surface area (Å²) in [6.45, 7) is 6.20. The van der Waals surface area contributed by atoms with Crippen molar-refractivity contribution in [1.29, 1.82) is 0 Å². The average Bonchev–Trinajstić information content (AvgIpc) is 2.60. The molecule has 1 aliphatic heterocycles. The third-order valence-corrected chi connectivity index (χ3v) is 4.27. The number of nitrogens with zero attached hydrogens (tertiary/aromatic N) is 2. The molecule has 1 aromatic carbocycles. The summed E-state index contributed by atoms with van der Waals surface area (Å²) in [5.41, 5.74) is 0. The average molecular weight is 334 g/mol. The first kappa shape index (κ1) is 18.6. The van der Waals surface area contributed by atoms with Crippen molar-refractivity contribution in [2.45, 2.75) is 26.2 Å². The quantitative estimate of drug-likeness (QED) is 0.733. The topological polar surface area (TPSA) is 42.0 Å². The van der Waals surface area contributed by atoms with E-state index in [1.54, 1.807) is 4.90 Å². The maximum absolute atomic E-state index is 12.1. The summed E-state index contributed by atoms with van der Waals surface area (Å²) >= 11 is 0. The van der Waals surface area contributed by atoms with Gasteiger partial charge in [0.25, 0.3) is 0 Å². The van der Waals surface area contributed by atoms with Crippen LogP contribution in [0.25, 0.3) is 0 Å². The van der Waals surface area contributed by atoms with Crippen molar-refractivity contribution in [3.8, 4) is 11.5 Å². The van der Waals surface area contributed by atoms with E-state index in [2.05, 4.69) is 11.8 Å². The minimum Gasteiger partial charge on any atom is -0.494 e. The Morgan fingerprint density at radius 1 is 1.17 bits per heavy atom. The van der Waals surface area contributed by atoms with Gasteiger partial charge in [0, 0.05) is 27.2 Å². The largest absolute Gasteiger partial charge is 0.494 e. The van der Waals surface area contributed by atoms with Crippen LogP contribution in [0.15, 0.2) is 24.3 Å². The second-order valence-electron chi connectivity index (χ2n) is 6.54. The Morgan fingerprint density at radius 3 is 2.38 bits per heavy atom. The molecule has 1 saturated heterocycles. The van der Waals surface area contributed by atoms with Gasteiger partial charge in [-0.15, -0.1) is 0 Å². The Labute approximate surface area is 145 Å². The molecule has 5 heteroatoms. The lowest BCUT2D eigenvalue weighted by atomic mass is 9.97. The fraction of sp³-hybridized carbons (Fsp3) is 0.632. The second-order valence-corrected chi connectivity index (χ2v) is 6.54. The number of carbonyl (C=O) groups excluding carboxylic acids is 1. The van der Waals surface area contributed by atoms with Crippen LogP contribution in [-0.4, -0.2) is 62.7 Å². The van der Waals surface area contributed by atoms with Crippen molar-refractivity contribution in [2.24, 2.45) is 5.92 Å². The first-order chi connectivity index (χ1) is 11.6. The second kappa shape index (κ2) is 9.52. The highest BCUT2D eigenvalue weighted by Crippen LogP contribution is 2.19. The number of rotatable bonds is 8. The Hall–Kier alpha value is -1.75. The smallest absolute Gasteiger partial charge is 0.226 e. The van der Waals surface area contributed by atoms with Crippen LogP contribution in [0.4, 0.5) is 0 Å². The number of ether oxygens (including phenoxy) is 2. The Kier molecular flexibility index (Phi) is 7.37. The fourth-order valence-corrected chi connectivity index (χ4v) is 2.97. The third-order valence-electron chi connectivity index (χ3n) is 4.27. The van der Waals surface area contributed by atoms with E-state index in [0.717, 1.165) is 57.0 Å². The van der Waals surface area contributed by atoms with Gasteiger partial charge in [-0.05, 0) is 50.1 Å². The van der Waals surface area contributed by atoms with Crippen molar-refractivity contribution < 1.29 is 14.3 Å². The molecule has 1 aliphatic rings. The molecule has 5 nitrogen and oxygen atoms in total. The maximum Gasteiger partial charge on any atom is 0.226 e. The van der Waals surface area contributed by atoms with Crippen LogP contribution >= 0.6 is 0 Å². The molecule has 0 radical (unpaired) electrons. The maximum atomic E-state index is 12.1. The highest BCUT2D eigenvalue weighted by molar-refractivity contribution is 5.78. The molecule has 0 aliphatic carbocycles. The summed E-state index contributed by atoms with van der Waals surface area (Å²) in [6, 6.07) is 7.77. The summed E-state index contributed by atoms with van der Waals surface area (Å²) in [6.07, 6.45) is 3.08. The molecular weight excluding hydrogens is 304 g/mol. The highest BCUT2D eigenvalue weighted by atomic mass is 16.5. The van der Waals surface area contributed by atoms with Crippen molar-refractivity contribution in [2.75, 3.05) is 46.9 Å². The first-order valence-electron chi connectivity index (χ1n) is 8.89. The lowest BCUT2D eigenvalue weighted by molar-refractivity contribution is -0.134. The van der Waals surface area contributed by atoms with Gasteiger partial charge < -0.3 is 14.4 Å². The minimum atomic E-state index is 0.128. The molecule has 0 N–H and O–H groups in total. The van der Waals surface area contributed by atoms with Gasteiger partial charge in [-0.2, -0.15) is 0 Å². The van der Waals surface area contributed by atoms with E-state index in [9.17, 15) is 4.79 Å². The molecule has 0 bridgehead atoms. The van der Waals surface area contributed by atoms with Crippen LogP contribution in [0.3, 0.4) is 0 Å². The van der Waals surface area contributed by atoms with E-state index in [1.807, 2.05) is 38.4 Å². The van der Waals surface area contributed by atoms with Crippen LogP contribution in [0.2, 0.25) is 0 Å². The van der Waals surface area contributed by atoms with Gasteiger partial charge in [0.1, 0.15) is 18.1 Å². The van der Waals surface area contributed by atoms with E-state index < -0.39 is 0 Å². The van der Waals surface area contributed by atoms with Crippen LogP contribution in [0, 0.1) is 5.92 Å². The van der Waals surface area contributed by atoms with E-state index in [1.165, 1.54) is 0 Å². The summed E-state index contributed by atoms with van der Waals surface area (Å²) in [4.78, 5) is 16.1. The van der Waals surface area contributed by atoms with E-state index in [0.29, 0.717) is 6.61 Å². The summed E-state index contributed by atoms with van der Waals surface area (Å²) in [7, 11) is 3.66. The molecule has 1 aromatic rings. The van der Waals surface area contributed by atoms with Crippen molar-refractivity contribution >= 4 is 5.91 Å². The molecule has 24 heavy (non-hydrogen) atoms. The molecular formula is C19H30N2O3. The van der Waals surface area contributed by atoms with Gasteiger partial charge in [-0.1, -0.05) is 6.92 Å². The van der Waals surface area contributed by atoms with Gasteiger partial charge in [0.2, 0.25) is 5.91 Å². The monoisotopic (exact) mass is 334 g/mol. The molecule has 134 valence electrons. The van der Waals surface area contributed by atoms with Gasteiger partial charge in [0.05, 0.1) is 12.5 Å². The number of piperidine rings is 1. The molecule has 1 unspecified atom stereocenters. The molecule has 1 amide bonds. The normalized spacial score (nSPS) is 18.2. The third kappa shape index (κ3) is 5.71. The predicted molar refractivity (Wildman–Crippen MR) is 95.6 cm³/mol. The predicted octanol–water partition coefficient (Wildman–Crippen LogP) is 2.65. The number of carbonyl (C=O) groups is 1. The fourth-order valence-electron chi connectivity index (χ4n) is 2.97. The molecule has 0 saturated carbocycles. The number of hydrogen-bond acceptors (Lipinski definition) is 4. The zero-order valence-corrected chi connectivity index (χ0v) is 15.2. The summed E-state index contributed by atoms with van der Waals surface area (Å²) < 4.78 is 11.4. The first-order valence-corrected chi connectivity index (χ1v) is 8.89. The van der Waals surface area contributed by atoms with E-state index in [4.69, 9.17) is 9.47 Å².